The van der Waals surface area contributed by atoms with E-state index in [9.17, 15) is 14.0 Å². The lowest BCUT2D eigenvalue weighted by molar-refractivity contribution is 0.102. The molecule has 2 aromatic heterocycles. The van der Waals surface area contributed by atoms with Gasteiger partial charge in [-0.05, 0) is 36.4 Å². The fraction of sp³-hybridized carbons (Fsp3) is 0.0800. The molecule has 0 saturated carbocycles. The molecular formula is C25H19FN4O2. The van der Waals surface area contributed by atoms with Crippen LogP contribution in [0.4, 0.5) is 10.1 Å². The molecule has 0 spiro atoms. The Morgan fingerprint density at radius 2 is 1.66 bits per heavy atom. The Kier molecular flexibility index (Phi) is 4.59. The topological polar surface area (TPSA) is 68.9 Å². The number of aromatic nitrogens is 3. The molecule has 0 aliphatic heterocycles. The predicted molar refractivity (Wildman–Crippen MR) is 123 cm³/mol. The van der Waals surface area contributed by atoms with Gasteiger partial charge in [0.25, 0.3) is 5.91 Å². The summed E-state index contributed by atoms with van der Waals surface area (Å²) in [6.07, 6.45) is 0. The molecule has 0 aliphatic rings. The number of carbonyl (C=O) groups is 1. The summed E-state index contributed by atoms with van der Waals surface area (Å²) in [5, 5.41) is 3.46. The van der Waals surface area contributed by atoms with Crippen molar-refractivity contribution in [1.29, 1.82) is 0 Å². The van der Waals surface area contributed by atoms with Gasteiger partial charge in [-0.3, -0.25) is 13.9 Å². The Labute approximate surface area is 182 Å². The van der Waals surface area contributed by atoms with Gasteiger partial charge in [-0.15, -0.1) is 0 Å². The third-order valence-electron chi connectivity index (χ3n) is 5.62. The third-order valence-corrected chi connectivity index (χ3v) is 5.62. The SMILES string of the molecule is Cn1c(=O)n(C)c2cc(NC(=O)c3cc(-c4ccccc4)nc4cc(F)ccc34)ccc21. The number of benzene rings is 3. The highest BCUT2D eigenvalue weighted by atomic mass is 19.1. The molecule has 0 aliphatic carbocycles. The molecule has 1 amide bonds. The second-order valence-corrected chi connectivity index (χ2v) is 7.64. The molecular weight excluding hydrogens is 407 g/mol. The first kappa shape index (κ1) is 19.7. The number of amides is 1. The summed E-state index contributed by atoms with van der Waals surface area (Å²) in [6, 6.07) is 20.6. The van der Waals surface area contributed by atoms with Crippen molar-refractivity contribution in [1.82, 2.24) is 14.1 Å². The molecule has 2 heterocycles. The Bertz CT molecular complexity index is 1570. The van der Waals surface area contributed by atoms with Crippen LogP contribution in [0, 0.1) is 5.82 Å². The van der Waals surface area contributed by atoms with Crippen LogP contribution in [0.2, 0.25) is 0 Å². The summed E-state index contributed by atoms with van der Waals surface area (Å²) in [5.41, 5.74) is 4.08. The average molecular weight is 426 g/mol. The first-order chi connectivity index (χ1) is 15.4. The number of anilines is 1. The maximum Gasteiger partial charge on any atom is 0.328 e. The minimum Gasteiger partial charge on any atom is -0.322 e. The number of imidazole rings is 1. The summed E-state index contributed by atoms with van der Waals surface area (Å²) in [4.78, 5) is 30.0. The van der Waals surface area contributed by atoms with Crippen LogP contribution in [0.5, 0.6) is 0 Å². The number of carbonyl (C=O) groups excluding carboxylic acids is 1. The van der Waals surface area contributed by atoms with E-state index in [-0.39, 0.29) is 11.6 Å². The summed E-state index contributed by atoms with van der Waals surface area (Å²) >= 11 is 0. The quantitative estimate of drug-likeness (QED) is 0.462. The van der Waals surface area contributed by atoms with E-state index in [0.717, 1.165) is 11.1 Å². The first-order valence-electron chi connectivity index (χ1n) is 10.0. The van der Waals surface area contributed by atoms with E-state index in [1.165, 1.54) is 16.7 Å². The molecule has 0 atom stereocenters. The van der Waals surface area contributed by atoms with Gasteiger partial charge in [0.2, 0.25) is 0 Å². The zero-order valence-electron chi connectivity index (χ0n) is 17.5. The van der Waals surface area contributed by atoms with Gasteiger partial charge in [0.15, 0.2) is 0 Å². The van der Waals surface area contributed by atoms with Gasteiger partial charge in [-0.2, -0.15) is 0 Å². The Morgan fingerprint density at radius 3 is 2.44 bits per heavy atom. The highest BCUT2D eigenvalue weighted by molar-refractivity contribution is 6.13. The number of fused-ring (bicyclic) bond motifs is 2. The molecule has 32 heavy (non-hydrogen) atoms. The fourth-order valence-corrected chi connectivity index (χ4v) is 3.93. The van der Waals surface area contributed by atoms with Crippen LogP contribution >= 0.6 is 0 Å². The number of hydrogen-bond acceptors (Lipinski definition) is 3. The van der Waals surface area contributed by atoms with E-state index < -0.39 is 5.82 Å². The molecule has 3 aromatic carbocycles. The van der Waals surface area contributed by atoms with Crippen LogP contribution in [0.1, 0.15) is 10.4 Å². The van der Waals surface area contributed by atoms with Crippen LogP contribution in [0.15, 0.2) is 77.6 Å². The Balaban J connectivity index is 1.60. The van der Waals surface area contributed by atoms with Crippen LogP contribution in [0.3, 0.4) is 0 Å². The van der Waals surface area contributed by atoms with Crippen LogP contribution in [0.25, 0.3) is 33.2 Å². The highest BCUT2D eigenvalue weighted by Gasteiger charge is 2.16. The number of rotatable bonds is 3. The number of nitrogens with zero attached hydrogens (tertiary/aromatic N) is 3. The molecule has 0 unspecified atom stereocenters. The van der Waals surface area contributed by atoms with E-state index in [1.807, 2.05) is 30.3 Å². The van der Waals surface area contributed by atoms with E-state index >= 15 is 0 Å². The van der Waals surface area contributed by atoms with Crippen molar-refractivity contribution < 1.29 is 9.18 Å². The molecule has 0 saturated heterocycles. The molecule has 1 N–H and O–H groups in total. The number of pyridine rings is 1. The van der Waals surface area contributed by atoms with E-state index in [1.54, 1.807) is 49.0 Å². The van der Waals surface area contributed by atoms with Crippen LogP contribution in [-0.2, 0) is 14.1 Å². The van der Waals surface area contributed by atoms with Gasteiger partial charge in [-0.25, -0.2) is 14.2 Å². The Hall–Kier alpha value is -4.26. The lowest BCUT2D eigenvalue weighted by atomic mass is 10.0. The molecule has 0 radical (unpaired) electrons. The standard InChI is InChI=1S/C25H19FN4O2/c1-29-22-11-9-17(13-23(22)30(2)25(29)32)27-24(31)19-14-20(15-6-4-3-5-7-15)28-21-12-16(26)8-10-18(19)21/h3-14H,1-2H3,(H,27,31). The Morgan fingerprint density at radius 1 is 0.906 bits per heavy atom. The highest BCUT2D eigenvalue weighted by Crippen LogP contribution is 2.27. The number of hydrogen-bond donors (Lipinski definition) is 1. The van der Waals surface area contributed by atoms with E-state index in [4.69, 9.17) is 0 Å². The number of nitrogens with one attached hydrogen (secondary N) is 1. The molecule has 6 nitrogen and oxygen atoms in total. The van der Waals surface area contributed by atoms with Crippen LogP contribution in [-0.4, -0.2) is 20.0 Å². The predicted octanol–water partition coefficient (Wildman–Crippen LogP) is 4.48. The maximum atomic E-state index is 13.9. The molecule has 5 rings (SSSR count). The van der Waals surface area contributed by atoms with E-state index in [2.05, 4.69) is 10.3 Å². The summed E-state index contributed by atoms with van der Waals surface area (Å²) in [5.74, 6) is -0.765. The van der Waals surface area contributed by atoms with Gasteiger partial charge in [-0.1, -0.05) is 30.3 Å². The zero-order valence-corrected chi connectivity index (χ0v) is 17.5. The fourth-order valence-electron chi connectivity index (χ4n) is 3.93. The normalized spacial score (nSPS) is 11.2. The lowest BCUT2D eigenvalue weighted by Gasteiger charge is -2.11. The van der Waals surface area contributed by atoms with Crippen molar-refractivity contribution in [3.63, 3.8) is 0 Å². The van der Waals surface area contributed by atoms with Gasteiger partial charge in [0.05, 0.1) is 27.8 Å². The maximum absolute atomic E-state index is 13.9. The number of halogens is 1. The van der Waals surface area contributed by atoms with Crippen molar-refractivity contribution in [2.45, 2.75) is 0 Å². The smallest absolute Gasteiger partial charge is 0.322 e. The molecule has 158 valence electrons. The summed E-state index contributed by atoms with van der Waals surface area (Å²) in [6.45, 7) is 0. The lowest BCUT2D eigenvalue weighted by Crippen LogP contribution is -2.19. The van der Waals surface area contributed by atoms with Crippen molar-refractivity contribution in [2.24, 2.45) is 14.1 Å². The first-order valence-corrected chi connectivity index (χ1v) is 10.0. The minimum absolute atomic E-state index is 0.141. The second-order valence-electron chi connectivity index (χ2n) is 7.64. The molecule has 7 heteroatoms. The molecule has 0 bridgehead atoms. The van der Waals surface area contributed by atoms with Crippen molar-refractivity contribution >= 4 is 33.5 Å². The minimum atomic E-state index is -0.419. The monoisotopic (exact) mass is 426 g/mol. The third kappa shape index (κ3) is 3.24. The zero-order chi connectivity index (χ0) is 22.4. The summed E-state index contributed by atoms with van der Waals surface area (Å²) in [7, 11) is 3.39. The van der Waals surface area contributed by atoms with Crippen molar-refractivity contribution in [2.75, 3.05) is 5.32 Å². The summed E-state index contributed by atoms with van der Waals surface area (Å²) < 4.78 is 17.0. The van der Waals surface area contributed by atoms with Crippen LogP contribution < -0.4 is 11.0 Å². The second kappa shape index (κ2) is 7.46. The van der Waals surface area contributed by atoms with Crippen molar-refractivity contribution in [3.05, 3.63) is 94.7 Å². The van der Waals surface area contributed by atoms with Gasteiger partial charge < -0.3 is 5.32 Å². The van der Waals surface area contributed by atoms with Gasteiger partial charge in [0.1, 0.15) is 5.82 Å². The average Bonchev–Trinajstić information content (AvgIpc) is 3.02. The largest absolute Gasteiger partial charge is 0.328 e. The van der Waals surface area contributed by atoms with Crippen molar-refractivity contribution in [3.8, 4) is 11.3 Å². The van der Waals surface area contributed by atoms with Gasteiger partial charge >= 0.3 is 5.69 Å². The number of aryl methyl sites for hydroxylation is 2. The molecule has 5 aromatic rings. The van der Waals surface area contributed by atoms with E-state index in [0.29, 0.717) is 33.4 Å². The van der Waals surface area contributed by atoms with Gasteiger partial charge in [0, 0.05) is 36.8 Å². The molecule has 0 fully saturated rings.